The summed E-state index contributed by atoms with van der Waals surface area (Å²) in [5.41, 5.74) is 18.3. The number of aliphatic hydroxyl groups is 1. The third-order valence-electron chi connectivity index (χ3n) is 14.1. The Bertz CT molecular complexity index is 3060. The van der Waals surface area contributed by atoms with Gasteiger partial charge >= 0.3 is 0 Å². The first kappa shape index (κ1) is 67.5. The highest BCUT2D eigenvalue weighted by molar-refractivity contribution is 5.99. The lowest BCUT2D eigenvalue weighted by molar-refractivity contribution is -0.142. The van der Waals surface area contributed by atoms with Crippen LogP contribution < -0.4 is 65.1 Å². The third kappa shape index (κ3) is 20.2. The number of carbonyl (C=O) groups excluding carboxylic acids is 11. The Morgan fingerprint density at radius 1 is 0.733 bits per heavy atom. The Balaban J connectivity index is 0.0000135. The molecule has 2 aromatic heterocycles. The van der Waals surface area contributed by atoms with Crippen molar-refractivity contribution in [3.8, 4) is 5.75 Å². The van der Waals surface area contributed by atoms with Gasteiger partial charge in [-0.05, 0) is 73.8 Å². The number of nitrogens with zero attached hydrogens (tertiary/aromatic N) is 3. The number of halogens is 1. The summed E-state index contributed by atoms with van der Waals surface area (Å²) < 4.78 is 0. The number of aromatic hydroxyl groups is 1. The van der Waals surface area contributed by atoms with Crippen molar-refractivity contribution in [1.29, 1.82) is 0 Å². The molecule has 0 bridgehead atoms. The van der Waals surface area contributed by atoms with Crippen LogP contribution in [0.2, 0.25) is 0 Å². The van der Waals surface area contributed by atoms with E-state index in [2.05, 4.69) is 67.8 Å². The smallest absolute Gasteiger partial charge is 0.245 e. The average Bonchev–Trinajstić information content (AvgIpc) is 3.65. The van der Waals surface area contributed by atoms with Crippen LogP contribution >= 0.6 is 12.4 Å². The van der Waals surface area contributed by atoms with Crippen molar-refractivity contribution in [2.24, 2.45) is 28.1 Å². The van der Waals surface area contributed by atoms with E-state index in [1.807, 2.05) is 0 Å². The molecule has 31 heteroatoms. The number of benzene rings is 2. The zero-order chi connectivity index (χ0) is 61.7. The fraction of sp³-hybridized carbons (Fsp3) is 0.473. The zero-order valence-corrected chi connectivity index (χ0v) is 48.3. The minimum absolute atomic E-state index is 0. The van der Waals surface area contributed by atoms with E-state index in [1.165, 1.54) is 41.7 Å². The van der Waals surface area contributed by atoms with Crippen molar-refractivity contribution in [2.45, 2.75) is 126 Å². The Hall–Kier alpha value is -9.32. The molecule has 0 radical (unpaired) electrons. The molecular weight excluding hydrogens is 1140 g/mol. The molecule has 6 rings (SSSR count). The van der Waals surface area contributed by atoms with Gasteiger partial charge in [-0.15, -0.1) is 12.4 Å². The first-order valence-electron chi connectivity index (χ1n) is 27.8. The van der Waals surface area contributed by atoms with Crippen LogP contribution in [0, 0.1) is 5.92 Å². The van der Waals surface area contributed by atoms with Crippen molar-refractivity contribution in [1.82, 2.24) is 67.7 Å². The number of primary amides is 1. The molecule has 19 N–H and O–H groups in total. The number of phenolic OH excluding ortho intramolecular Hbond substituents is 1. The number of para-hydroxylation sites is 1. The Labute approximate surface area is 500 Å². The van der Waals surface area contributed by atoms with Gasteiger partial charge in [0, 0.05) is 67.8 Å². The van der Waals surface area contributed by atoms with Crippen molar-refractivity contribution in [3.63, 3.8) is 0 Å². The Morgan fingerprint density at radius 3 is 2.02 bits per heavy atom. The van der Waals surface area contributed by atoms with Crippen LogP contribution in [0.4, 0.5) is 0 Å². The number of amides is 11. The van der Waals surface area contributed by atoms with Crippen LogP contribution in [0.25, 0.3) is 10.9 Å². The van der Waals surface area contributed by atoms with E-state index in [4.69, 9.17) is 17.2 Å². The fourth-order valence-electron chi connectivity index (χ4n) is 9.79. The van der Waals surface area contributed by atoms with Gasteiger partial charge in [0.05, 0.1) is 26.0 Å². The number of hydrogen-bond donors (Lipinski definition) is 16. The quantitative estimate of drug-likeness (QED) is 0.0130. The molecule has 0 saturated carbocycles. The number of imidazole rings is 1. The maximum atomic E-state index is 14.4. The van der Waals surface area contributed by atoms with E-state index in [0.717, 1.165) is 0 Å². The molecule has 466 valence electrons. The molecular formula is C55H76ClN17O13. The molecule has 2 saturated heterocycles. The molecule has 0 unspecified atom stereocenters. The van der Waals surface area contributed by atoms with Gasteiger partial charge in [0.25, 0.3) is 0 Å². The van der Waals surface area contributed by atoms with Crippen LogP contribution in [0.1, 0.15) is 75.6 Å². The molecule has 2 aliphatic rings. The number of rotatable bonds is 31. The molecule has 0 spiro atoms. The maximum absolute atomic E-state index is 14.4. The molecule has 4 heterocycles. The number of hydrogen-bond acceptors (Lipinski definition) is 15. The summed E-state index contributed by atoms with van der Waals surface area (Å²) >= 11 is 0. The zero-order valence-electron chi connectivity index (χ0n) is 47.5. The maximum Gasteiger partial charge on any atom is 0.245 e. The first-order valence-corrected chi connectivity index (χ1v) is 27.8. The number of aromatic amines is 2. The van der Waals surface area contributed by atoms with E-state index in [1.54, 1.807) is 44.3 Å². The number of H-pyrrole nitrogens is 2. The Morgan fingerprint density at radius 2 is 1.38 bits per heavy atom. The molecule has 2 fully saturated rings. The van der Waals surface area contributed by atoms with Crippen LogP contribution in [0.5, 0.6) is 5.75 Å². The van der Waals surface area contributed by atoms with Gasteiger partial charge in [-0.25, -0.2) is 4.98 Å². The highest BCUT2D eigenvalue weighted by Crippen LogP contribution is 2.22. The normalized spacial score (nSPS) is 16.6. The van der Waals surface area contributed by atoms with Crippen molar-refractivity contribution >= 4 is 94.2 Å². The summed E-state index contributed by atoms with van der Waals surface area (Å²) in [6.45, 7) is 1.62. The van der Waals surface area contributed by atoms with E-state index < -0.39 is 127 Å². The van der Waals surface area contributed by atoms with E-state index in [9.17, 15) is 63.0 Å². The number of guanidine groups is 1. The predicted molar refractivity (Wildman–Crippen MR) is 313 cm³/mol. The van der Waals surface area contributed by atoms with Crippen molar-refractivity contribution in [2.75, 3.05) is 32.8 Å². The summed E-state index contributed by atoms with van der Waals surface area (Å²) in [6.07, 6.45) is 5.24. The SMILES string of the molecule is CC(C)C[C@H](NC(=O)CNC(=O)[C@H](Cc1ccc(O)cc1)NC(=O)[C@H](CO)NC(=O)[C@H](Cc1c[nH]c2ccccc12)NC(=O)[C@H](Cc1cnc[nH]1)NC(=O)[C@@H]1CCC(=O)N1)C(=O)N[C@@H](CCCN=C(N)N)C(=O)N1CCC[C@H]1C(=O)NCC(N)=O.Cl. The summed E-state index contributed by atoms with van der Waals surface area (Å²) in [4.78, 5) is 164. The minimum Gasteiger partial charge on any atom is -0.508 e. The van der Waals surface area contributed by atoms with Crippen LogP contribution in [0.3, 0.4) is 0 Å². The minimum atomic E-state index is -1.76. The number of nitrogens with one attached hydrogen (secondary N) is 11. The van der Waals surface area contributed by atoms with E-state index in [0.29, 0.717) is 34.1 Å². The van der Waals surface area contributed by atoms with Gasteiger partial charge in [-0.2, -0.15) is 0 Å². The summed E-state index contributed by atoms with van der Waals surface area (Å²) in [5.74, 6) is -8.86. The molecule has 30 nitrogen and oxygen atoms in total. The second-order valence-corrected chi connectivity index (χ2v) is 21.2. The second kappa shape index (κ2) is 32.7. The third-order valence-corrected chi connectivity index (χ3v) is 14.1. The number of fused-ring (bicyclic) bond motifs is 1. The summed E-state index contributed by atoms with van der Waals surface area (Å²) in [7, 11) is 0. The highest BCUT2D eigenvalue weighted by Gasteiger charge is 2.39. The number of likely N-dealkylation sites (tertiary alicyclic amines) is 1. The van der Waals surface area contributed by atoms with Crippen molar-refractivity contribution < 1.29 is 63.0 Å². The van der Waals surface area contributed by atoms with Gasteiger partial charge in [-0.3, -0.25) is 57.7 Å². The van der Waals surface area contributed by atoms with Gasteiger partial charge in [0.1, 0.15) is 54.1 Å². The first-order chi connectivity index (χ1) is 40.6. The predicted octanol–water partition coefficient (Wildman–Crippen LogP) is -3.97. The topological polar surface area (TPSA) is 475 Å². The average molecular weight is 1220 g/mol. The summed E-state index contributed by atoms with van der Waals surface area (Å²) in [6, 6.07) is 2.37. The molecule has 8 atom stereocenters. The molecule has 2 aliphatic heterocycles. The highest BCUT2D eigenvalue weighted by atomic mass is 35.5. The summed E-state index contributed by atoms with van der Waals surface area (Å²) in [5, 5.41) is 44.5. The van der Waals surface area contributed by atoms with Crippen LogP contribution in [-0.4, -0.2) is 182 Å². The second-order valence-electron chi connectivity index (χ2n) is 21.2. The number of nitrogens with two attached hydrogens (primary N) is 3. The van der Waals surface area contributed by atoms with Gasteiger partial charge in [0.15, 0.2) is 5.96 Å². The van der Waals surface area contributed by atoms with E-state index in [-0.39, 0.29) is 107 Å². The number of carbonyl (C=O) groups is 11. The molecule has 4 aromatic rings. The number of aliphatic hydroxyl groups excluding tert-OH is 1. The lowest BCUT2D eigenvalue weighted by atomic mass is 10.0. The van der Waals surface area contributed by atoms with Crippen LogP contribution in [-0.2, 0) is 72.0 Å². The lowest BCUT2D eigenvalue weighted by Crippen LogP contribution is -2.60. The largest absolute Gasteiger partial charge is 0.508 e. The molecule has 11 amide bonds. The number of aliphatic imine (C=N–C) groups is 1. The standard InChI is InChI=1S/C55H75N17O13.ClH/c1-29(2)19-38(49(80)67-37(9-5-17-60-55(57)58)54(85)72-18-6-10-43(72)53(84)62-25-44(56)75)66-46(77)26-63-47(78)39(20-30-11-13-33(74)14-12-30)68-52(83)42(27-73)71-50(81)40(21-31-23-61-35-8-4-3-7-34(31)35)69-51(82)41(22-32-24-59-28-64-32)70-48(79)36-15-16-45(76)65-36;/h3-4,7-8,11-14,23-24,28-29,36-43,61,73-74H,5-6,9-10,15-22,25-27H2,1-2H3,(H2,56,75)(H,59,64)(H,62,84)(H,63,78)(H,65,76)(H,66,77)(H,67,80)(H,68,83)(H,69,82)(H,70,79)(H,71,81)(H4,57,58,60);1H/t36-,37-,38-,39-,40-,41-,42-,43-;/m0./s1. The van der Waals surface area contributed by atoms with Crippen LogP contribution in [0.15, 0.2) is 72.2 Å². The number of phenols is 1. The number of aromatic nitrogens is 3. The van der Waals surface area contributed by atoms with Gasteiger partial charge in [-0.1, -0.05) is 44.2 Å². The van der Waals surface area contributed by atoms with E-state index >= 15 is 0 Å². The molecule has 2 aromatic carbocycles. The fourth-order valence-corrected chi connectivity index (χ4v) is 9.79. The molecule has 86 heavy (non-hydrogen) atoms. The Kier molecular flexibility index (Phi) is 25.6. The molecule has 0 aliphatic carbocycles. The van der Waals surface area contributed by atoms with Crippen molar-refractivity contribution in [3.05, 3.63) is 84.1 Å². The monoisotopic (exact) mass is 1220 g/mol. The van der Waals surface area contributed by atoms with Gasteiger partial charge < -0.3 is 90.1 Å². The lowest BCUT2D eigenvalue weighted by Gasteiger charge is -2.30. The van der Waals surface area contributed by atoms with Gasteiger partial charge in [0.2, 0.25) is 65.0 Å².